The van der Waals surface area contributed by atoms with E-state index in [9.17, 15) is 4.79 Å². The van der Waals surface area contributed by atoms with Crippen molar-refractivity contribution in [3.05, 3.63) is 90.1 Å². The Kier molecular flexibility index (Phi) is 6.11. The summed E-state index contributed by atoms with van der Waals surface area (Å²) in [5.74, 6) is 0.270. The smallest absolute Gasteiger partial charge is 0.664 e. The van der Waals surface area contributed by atoms with E-state index in [0.717, 1.165) is 83.8 Å². The topological polar surface area (TPSA) is 73.5 Å². The second-order valence-corrected chi connectivity index (χ2v) is 10.5. The molecule has 184 valence electrons. The summed E-state index contributed by atoms with van der Waals surface area (Å²) in [6.45, 7) is 18.7. The number of ketones is 1. The van der Waals surface area contributed by atoms with Gasteiger partial charge in [-0.1, -0.05) is 79.5 Å². The number of allylic oxidation sites excluding steroid dienone is 3. The van der Waals surface area contributed by atoms with Crippen molar-refractivity contribution >= 4 is 58.7 Å². The molecule has 5 heterocycles. The first-order valence-electron chi connectivity index (χ1n) is 12.6. The Morgan fingerprint density at radius 2 is 1.41 bits per heavy atom. The molecule has 0 N–H and O–H groups in total. The van der Waals surface area contributed by atoms with Gasteiger partial charge in [0.2, 0.25) is 0 Å². The third kappa shape index (κ3) is 3.52. The molecule has 0 saturated carbocycles. The molecule has 5 nitrogen and oxygen atoms in total. The van der Waals surface area contributed by atoms with Crippen molar-refractivity contribution in [1.82, 2.24) is 15.0 Å². The summed E-state index contributed by atoms with van der Waals surface area (Å²) in [7, 11) is 0. The summed E-state index contributed by atoms with van der Waals surface area (Å²) >= 11 is 0. The van der Waals surface area contributed by atoms with Gasteiger partial charge in [-0.15, -0.1) is 33.5 Å². The van der Waals surface area contributed by atoms with Gasteiger partial charge in [-0.05, 0) is 45.1 Å². The number of hydrogen-bond acceptors (Lipinski definition) is 1. The van der Waals surface area contributed by atoms with Gasteiger partial charge in [0.15, 0.2) is 5.78 Å². The maximum Gasteiger partial charge on any atom is 2.00 e. The monoisotopic (exact) mass is 498 g/mol. The van der Waals surface area contributed by atoms with Crippen LogP contribution in [0.2, 0.25) is 0 Å². The minimum Gasteiger partial charge on any atom is -0.664 e. The summed E-state index contributed by atoms with van der Waals surface area (Å²) in [6, 6.07) is 0. The molecule has 0 radical (unpaired) electrons. The Morgan fingerprint density at radius 3 is 2.05 bits per heavy atom. The largest absolute Gasteiger partial charge is 2.00 e. The van der Waals surface area contributed by atoms with Crippen molar-refractivity contribution in [2.75, 3.05) is 0 Å². The van der Waals surface area contributed by atoms with Crippen molar-refractivity contribution in [1.29, 1.82) is 0 Å². The maximum atomic E-state index is 13.4. The summed E-state index contributed by atoms with van der Waals surface area (Å²) in [5, 5.41) is 6.90. The number of nitrogens with zero attached hydrogens (tertiary/aromatic N) is 4. The van der Waals surface area contributed by atoms with E-state index in [2.05, 4.69) is 53.3 Å². The van der Waals surface area contributed by atoms with Gasteiger partial charge >= 0.3 is 23.1 Å². The van der Waals surface area contributed by atoms with Gasteiger partial charge in [0.05, 0.1) is 0 Å². The Labute approximate surface area is 234 Å². The molecule has 37 heavy (non-hydrogen) atoms. The Morgan fingerprint density at radius 1 is 0.784 bits per heavy atom. The second kappa shape index (κ2) is 8.81. The quantitative estimate of drug-likeness (QED) is 0.470. The zero-order valence-corrected chi connectivity index (χ0v) is 24.1. The van der Waals surface area contributed by atoms with E-state index in [0.29, 0.717) is 0 Å². The molecule has 3 atom stereocenters. The van der Waals surface area contributed by atoms with E-state index in [-0.39, 0.29) is 46.6 Å². The van der Waals surface area contributed by atoms with Gasteiger partial charge in [-0.25, -0.2) is 0 Å². The normalized spacial score (nSPS) is 26.9. The van der Waals surface area contributed by atoms with E-state index in [1.54, 1.807) is 0 Å². The van der Waals surface area contributed by atoms with E-state index < -0.39 is 0 Å². The van der Waals surface area contributed by atoms with E-state index in [4.69, 9.17) is 20.3 Å². The van der Waals surface area contributed by atoms with Gasteiger partial charge in [-0.2, -0.15) is 11.4 Å². The van der Waals surface area contributed by atoms with E-state index in [1.165, 1.54) is 0 Å². The Balaban J connectivity index is 0.00000280. The number of rotatable bonds is 1. The van der Waals surface area contributed by atoms with E-state index >= 15 is 0 Å². The van der Waals surface area contributed by atoms with Crippen LogP contribution in [0, 0.1) is 45.4 Å². The molecule has 6 rings (SSSR count). The maximum absolute atomic E-state index is 13.4. The van der Waals surface area contributed by atoms with Crippen LogP contribution in [-0.4, -0.2) is 28.8 Å². The molecule has 1 saturated heterocycles. The van der Waals surface area contributed by atoms with Crippen LogP contribution in [-0.2, 0) is 0 Å². The SMILES string of the molecule is C=Cc1c2[n-]c(c1C)/C=C1\[N-]/C(=C3\c4[n-]c(c(C)c4C(=O)[C@@H]3C)/C=c3\[n-]/c(c(C)c3C)=C\2)[C@@H](C)[C@@H]1C.[Mg+2]. The van der Waals surface area contributed by atoms with Crippen LogP contribution in [0.25, 0.3) is 35.2 Å². The molecular formula is C31H30MgN4O-2. The summed E-state index contributed by atoms with van der Waals surface area (Å²) < 4.78 is 0. The fourth-order valence-electron chi connectivity index (χ4n) is 5.88. The predicted octanol–water partition coefficient (Wildman–Crippen LogP) is 4.27. The summed E-state index contributed by atoms with van der Waals surface area (Å²) in [4.78, 5) is 28.4. The Bertz CT molecular complexity index is 1690. The van der Waals surface area contributed by atoms with Crippen molar-refractivity contribution in [2.45, 2.75) is 48.5 Å². The molecule has 3 aliphatic rings. The molecule has 8 bridgehead atoms. The van der Waals surface area contributed by atoms with E-state index in [1.807, 2.05) is 26.0 Å². The van der Waals surface area contributed by atoms with Crippen molar-refractivity contribution in [2.24, 2.45) is 17.8 Å². The molecule has 1 aliphatic carbocycles. The fraction of sp³-hybridized carbons (Fsp3) is 0.323. The molecule has 0 aromatic carbocycles. The minimum absolute atomic E-state index is 0. The van der Waals surface area contributed by atoms with Crippen LogP contribution in [0.5, 0.6) is 0 Å². The third-order valence-corrected chi connectivity index (χ3v) is 8.64. The fourth-order valence-corrected chi connectivity index (χ4v) is 5.88. The van der Waals surface area contributed by atoms with Gasteiger partial charge in [0, 0.05) is 11.5 Å². The van der Waals surface area contributed by atoms with Crippen molar-refractivity contribution in [3.63, 3.8) is 0 Å². The second-order valence-electron chi connectivity index (χ2n) is 10.5. The molecule has 1 fully saturated rings. The molecule has 3 aromatic rings. The first-order valence-corrected chi connectivity index (χ1v) is 12.6. The molecule has 3 aromatic heterocycles. The average Bonchev–Trinajstić information content (AvgIpc) is 3.55. The number of carbonyl (C=O) groups excluding carboxylic acids is 1. The first kappa shape index (κ1) is 25.7. The van der Waals surface area contributed by atoms with Gasteiger partial charge in [0.25, 0.3) is 0 Å². The molecule has 0 spiro atoms. The van der Waals surface area contributed by atoms with Crippen LogP contribution < -0.4 is 25.7 Å². The first-order chi connectivity index (χ1) is 17.1. The van der Waals surface area contributed by atoms with Crippen molar-refractivity contribution in [3.8, 4) is 0 Å². The number of carbonyl (C=O) groups is 1. The zero-order valence-electron chi connectivity index (χ0n) is 22.7. The van der Waals surface area contributed by atoms with Crippen LogP contribution >= 0.6 is 0 Å². The number of fused-ring (bicyclic) bond motifs is 7. The van der Waals surface area contributed by atoms with Gasteiger partial charge < -0.3 is 20.3 Å². The average molecular weight is 499 g/mol. The van der Waals surface area contributed by atoms with Crippen LogP contribution in [0.1, 0.15) is 81.7 Å². The third-order valence-electron chi connectivity index (χ3n) is 8.64. The number of hydrogen-bond donors (Lipinski definition) is 0. The minimum atomic E-state index is -0.248. The van der Waals surface area contributed by atoms with Crippen LogP contribution in [0.3, 0.4) is 0 Å². The number of Topliss-reactive ketones (excluding diaryl/α,β-unsaturated/α-hetero) is 1. The van der Waals surface area contributed by atoms with Gasteiger partial charge in [-0.3, -0.25) is 4.79 Å². The zero-order chi connectivity index (χ0) is 25.6. The predicted molar refractivity (Wildman–Crippen MR) is 151 cm³/mol. The molecule has 0 unspecified atom stereocenters. The van der Waals surface area contributed by atoms with Crippen LogP contribution in [0.15, 0.2) is 18.0 Å². The van der Waals surface area contributed by atoms with Crippen molar-refractivity contribution < 1.29 is 4.79 Å². The van der Waals surface area contributed by atoms with Crippen LogP contribution in [0.4, 0.5) is 0 Å². The molecule has 6 heteroatoms. The Hall–Kier alpha value is -2.96. The molecule has 0 amide bonds. The number of aromatic nitrogens is 3. The standard InChI is InChI=1S/C31H31N4O.Mg/c1-9-20-17(6)24-11-23-15(4)16(5)29(34-23)27-19(8)31(36)28-18(7)25(35-30(27)28)10-21-13(2)14(3)22(32-21)12-26(20)33-24;/h9-12,15-16,19H,1H2,2-8H3,(H-,34,35,36);/q-3;+2/p-1/b21-10-,22-12-,23-11-;/t15-,16-,19+;/m0./s1. The molecular weight excluding hydrogens is 469 g/mol. The summed E-state index contributed by atoms with van der Waals surface area (Å²) in [6.07, 6.45) is 8.05. The summed E-state index contributed by atoms with van der Waals surface area (Å²) in [5.41, 5.74) is 12.3. The molecule has 2 aliphatic heterocycles. The van der Waals surface area contributed by atoms with Gasteiger partial charge in [0.1, 0.15) is 0 Å².